The molecule has 0 aromatic carbocycles. The fourth-order valence-corrected chi connectivity index (χ4v) is 1.48. The van der Waals surface area contributed by atoms with Crippen molar-refractivity contribution in [2.24, 2.45) is 17.2 Å². The number of aliphatic hydroxyl groups excluding tert-OH is 4. The lowest BCUT2D eigenvalue weighted by Crippen LogP contribution is -2.56. The summed E-state index contributed by atoms with van der Waals surface area (Å²) in [7, 11) is 0. The highest BCUT2D eigenvalue weighted by atomic mass is 16.4. The number of hydrogen-bond acceptors (Lipinski definition) is 9. The van der Waals surface area contributed by atoms with Gasteiger partial charge in [0.25, 0.3) is 0 Å². The Morgan fingerprint density at radius 2 is 1.48 bits per heavy atom. The number of carbonyl (C=O) groups is 3. The number of nitrogens with two attached hydrogens (primary N) is 3. The molecule has 10 nitrogen and oxygen atoms in total. The quantitative estimate of drug-likeness (QED) is 0.192. The van der Waals surface area contributed by atoms with E-state index in [0.29, 0.717) is 0 Å². The van der Waals surface area contributed by atoms with Crippen LogP contribution in [-0.4, -0.2) is 74.9 Å². The van der Waals surface area contributed by atoms with Crippen molar-refractivity contribution in [1.29, 1.82) is 0 Å². The van der Waals surface area contributed by atoms with Gasteiger partial charge in [-0.15, -0.1) is 0 Å². The maximum atomic E-state index is 11.7. The number of Topliss-reactive ketones (excluding diaryl/α,β-unsaturated/α-hetero) is 2. The van der Waals surface area contributed by atoms with Crippen molar-refractivity contribution in [3.05, 3.63) is 0 Å². The van der Waals surface area contributed by atoms with Crippen LogP contribution in [-0.2, 0) is 14.4 Å². The average molecular weight is 307 g/mol. The summed E-state index contributed by atoms with van der Waals surface area (Å²) in [5.74, 6) is -3.09. The molecule has 0 spiro atoms. The molecule has 0 aliphatic carbocycles. The molecule has 0 saturated heterocycles. The standard InChI is InChI=1S/C11H21N3O7/c12-4(1-2-6(13)17)8(18)10(20)7(14)11(21)9(19)5(16)3-15/h4-5,7,9,11,15-16,19,21H,1-3,12,14H2,(H2,13,17)/t4-,5+,7-,9+,11+/m0/s1. The first kappa shape index (κ1) is 19.6. The zero-order valence-electron chi connectivity index (χ0n) is 11.3. The Kier molecular flexibility index (Phi) is 8.17. The monoisotopic (exact) mass is 307 g/mol. The molecule has 0 aliphatic heterocycles. The van der Waals surface area contributed by atoms with Crippen LogP contribution < -0.4 is 17.2 Å². The molecule has 0 aromatic heterocycles. The Labute approximate surface area is 120 Å². The molecule has 0 bridgehead atoms. The van der Waals surface area contributed by atoms with E-state index < -0.39 is 54.5 Å². The number of hydrogen-bond donors (Lipinski definition) is 7. The molecule has 5 atom stereocenters. The van der Waals surface area contributed by atoms with Gasteiger partial charge in [0.2, 0.25) is 17.5 Å². The van der Waals surface area contributed by atoms with Crippen LogP contribution in [0.1, 0.15) is 12.8 Å². The number of amides is 1. The zero-order valence-corrected chi connectivity index (χ0v) is 11.3. The van der Waals surface area contributed by atoms with E-state index in [1.807, 2.05) is 0 Å². The first-order valence-corrected chi connectivity index (χ1v) is 6.16. The molecule has 10 N–H and O–H groups in total. The first-order chi connectivity index (χ1) is 9.63. The third kappa shape index (κ3) is 5.83. The lowest BCUT2D eigenvalue weighted by Gasteiger charge is -2.25. The zero-order chi connectivity index (χ0) is 16.7. The van der Waals surface area contributed by atoms with E-state index in [1.165, 1.54) is 0 Å². The van der Waals surface area contributed by atoms with E-state index >= 15 is 0 Å². The van der Waals surface area contributed by atoms with Crippen LogP contribution >= 0.6 is 0 Å². The van der Waals surface area contributed by atoms with Crippen LogP contribution in [0.5, 0.6) is 0 Å². The molecule has 1 amide bonds. The SMILES string of the molecule is NC(=O)CC[C@H](N)C(=O)C(=O)[C@H](N)[C@@H](O)[C@H](O)[C@H](O)CO. The molecule has 0 radical (unpaired) electrons. The van der Waals surface area contributed by atoms with Gasteiger partial charge in [-0.1, -0.05) is 0 Å². The fraction of sp³-hybridized carbons (Fsp3) is 0.727. The minimum absolute atomic E-state index is 0.162. The van der Waals surface area contributed by atoms with E-state index in [4.69, 9.17) is 27.4 Å². The highest BCUT2D eigenvalue weighted by Gasteiger charge is 2.37. The smallest absolute Gasteiger partial charge is 0.219 e. The van der Waals surface area contributed by atoms with E-state index in [1.54, 1.807) is 0 Å². The topological polar surface area (TPSA) is 210 Å². The highest BCUT2D eigenvalue weighted by molar-refractivity contribution is 6.41. The van der Waals surface area contributed by atoms with E-state index in [0.717, 1.165) is 0 Å². The van der Waals surface area contributed by atoms with Gasteiger partial charge >= 0.3 is 0 Å². The van der Waals surface area contributed by atoms with Crippen molar-refractivity contribution in [2.75, 3.05) is 6.61 Å². The Morgan fingerprint density at radius 3 is 1.90 bits per heavy atom. The summed E-state index contributed by atoms with van der Waals surface area (Å²) in [5, 5.41) is 36.7. The van der Waals surface area contributed by atoms with Gasteiger partial charge in [-0.3, -0.25) is 14.4 Å². The number of ketones is 2. The summed E-state index contributed by atoms with van der Waals surface area (Å²) < 4.78 is 0. The van der Waals surface area contributed by atoms with Crippen LogP contribution in [0.25, 0.3) is 0 Å². The molecule has 0 saturated carbocycles. The lowest BCUT2D eigenvalue weighted by molar-refractivity contribution is -0.143. The molecule has 0 heterocycles. The van der Waals surface area contributed by atoms with Crippen LogP contribution in [0.3, 0.4) is 0 Å². The number of aliphatic hydroxyl groups is 4. The second kappa shape index (κ2) is 8.77. The summed E-state index contributed by atoms with van der Waals surface area (Å²) in [6.07, 6.45) is -5.97. The van der Waals surface area contributed by atoms with Gasteiger partial charge in [-0.25, -0.2) is 0 Å². The van der Waals surface area contributed by atoms with Crippen molar-refractivity contribution in [1.82, 2.24) is 0 Å². The van der Waals surface area contributed by atoms with Gasteiger partial charge in [-0.2, -0.15) is 0 Å². The maximum Gasteiger partial charge on any atom is 0.219 e. The van der Waals surface area contributed by atoms with E-state index in [9.17, 15) is 24.6 Å². The Balaban J connectivity index is 4.68. The minimum Gasteiger partial charge on any atom is -0.394 e. The molecule has 21 heavy (non-hydrogen) atoms. The molecule has 10 heteroatoms. The third-order valence-corrected chi connectivity index (χ3v) is 2.88. The first-order valence-electron chi connectivity index (χ1n) is 6.16. The summed E-state index contributed by atoms with van der Waals surface area (Å²) in [6, 6.07) is -3.14. The van der Waals surface area contributed by atoms with Crippen molar-refractivity contribution < 1.29 is 34.8 Å². The van der Waals surface area contributed by atoms with Crippen LogP contribution in [0.2, 0.25) is 0 Å². The van der Waals surface area contributed by atoms with Crippen molar-refractivity contribution in [2.45, 2.75) is 43.2 Å². The predicted molar refractivity (Wildman–Crippen MR) is 69.5 cm³/mol. The predicted octanol–water partition coefficient (Wildman–Crippen LogP) is -4.88. The minimum atomic E-state index is -1.97. The second-order valence-electron chi connectivity index (χ2n) is 4.60. The van der Waals surface area contributed by atoms with Gasteiger partial charge in [0.15, 0.2) is 0 Å². The Hall–Kier alpha value is -1.43. The largest absolute Gasteiger partial charge is 0.394 e. The molecule has 0 unspecified atom stereocenters. The molecule has 0 rings (SSSR count). The second-order valence-corrected chi connectivity index (χ2v) is 4.60. The summed E-state index contributed by atoms with van der Waals surface area (Å²) >= 11 is 0. The summed E-state index contributed by atoms with van der Waals surface area (Å²) in [6.45, 7) is -0.870. The average Bonchev–Trinajstić information content (AvgIpc) is 2.47. The molecule has 0 fully saturated rings. The van der Waals surface area contributed by atoms with Crippen molar-refractivity contribution >= 4 is 17.5 Å². The maximum absolute atomic E-state index is 11.7. The van der Waals surface area contributed by atoms with Gasteiger partial charge < -0.3 is 37.6 Å². The van der Waals surface area contributed by atoms with Gasteiger partial charge in [0.05, 0.1) is 12.6 Å². The van der Waals surface area contributed by atoms with Gasteiger partial charge in [0.1, 0.15) is 24.4 Å². The molecule has 0 aliphatic rings. The summed E-state index contributed by atoms with van der Waals surface area (Å²) in [5.41, 5.74) is 15.6. The van der Waals surface area contributed by atoms with Crippen molar-refractivity contribution in [3.8, 4) is 0 Å². The van der Waals surface area contributed by atoms with Crippen LogP contribution in [0, 0.1) is 0 Å². The number of primary amides is 1. The molecule has 122 valence electrons. The number of carbonyl (C=O) groups excluding carboxylic acids is 3. The molecular formula is C11H21N3O7. The number of rotatable bonds is 10. The summed E-state index contributed by atoms with van der Waals surface area (Å²) in [4.78, 5) is 33.9. The molecular weight excluding hydrogens is 286 g/mol. The van der Waals surface area contributed by atoms with Crippen LogP contribution in [0.15, 0.2) is 0 Å². The van der Waals surface area contributed by atoms with Crippen molar-refractivity contribution in [3.63, 3.8) is 0 Å². The van der Waals surface area contributed by atoms with E-state index in [-0.39, 0.29) is 12.8 Å². The van der Waals surface area contributed by atoms with Gasteiger partial charge in [-0.05, 0) is 6.42 Å². The lowest BCUT2D eigenvalue weighted by atomic mass is 9.93. The third-order valence-electron chi connectivity index (χ3n) is 2.88. The van der Waals surface area contributed by atoms with Crippen LogP contribution in [0.4, 0.5) is 0 Å². The fourth-order valence-electron chi connectivity index (χ4n) is 1.48. The molecule has 0 aromatic rings. The van der Waals surface area contributed by atoms with Gasteiger partial charge in [0, 0.05) is 6.42 Å². The van der Waals surface area contributed by atoms with E-state index in [2.05, 4.69) is 0 Å². The highest BCUT2D eigenvalue weighted by Crippen LogP contribution is 2.06. The normalized spacial score (nSPS) is 18.4. The Bertz CT molecular complexity index is 390. The Morgan fingerprint density at radius 1 is 0.952 bits per heavy atom.